The number of halogens is 2. The summed E-state index contributed by atoms with van der Waals surface area (Å²) in [5, 5.41) is 11.5. The van der Waals surface area contributed by atoms with Gasteiger partial charge in [-0.15, -0.1) is 0 Å². The first-order chi connectivity index (χ1) is 14.3. The van der Waals surface area contributed by atoms with Crippen molar-refractivity contribution in [1.82, 2.24) is 5.01 Å². The second kappa shape index (κ2) is 7.49. The van der Waals surface area contributed by atoms with E-state index in [-0.39, 0.29) is 17.3 Å². The maximum atomic E-state index is 13.4. The lowest BCUT2D eigenvalue weighted by atomic mass is 10.1. The molecule has 2 aromatic carbocycles. The summed E-state index contributed by atoms with van der Waals surface area (Å²) in [6.07, 6.45) is 0. The Kier molecular flexibility index (Phi) is 4.98. The van der Waals surface area contributed by atoms with Gasteiger partial charge in [-0.05, 0) is 43.7 Å². The Morgan fingerprint density at radius 1 is 1.17 bits per heavy atom. The third-order valence-electron chi connectivity index (χ3n) is 4.98. The number of nitrogens with zero attached hydrogens (tertiary/aromatic N) is 4. The molecule has 154 valence electrons. The Morgan fingerprint density at radius 3 is 2.63 bits per heavy atom. The van der Waals surface area contributed by atoms with Gasteiger partial charge < -0.3 is 5.32 Å². The van der Waals surface area contributed by atoms with Gasteiger partial charge in [0.2, 0.25) is 5.91 Å². The molecule has 1 N–H and O–H groups in total. The Morgan fingerprint density at radius 2 is 1.93 bits per heavy atom. The first kappa shape index (κ1) is 20.0. The van der Waals surface area contributed by atoms with Crippen LogP contribution in [0.25, 0.3) is 0 Å². The number of anilines is 2. The van der Waals surface area contributed by atoms with E-state index in [9.17, 15) is 18.8 Å². The number of nitrogens with one attached hydrogen (secondary N) is 1. The van der Waals surface area contributed by atoms with Crippen LogP contribution in [0.3, 0.4) is 0 Å². The van der Waals surface area contributed by atoms with E-state index >= 15 is 0 Å². The van der Waals surface area contributed by atoms with Crippen molar-refractivity contribution in [2.75, 3.05) is 16.8 Å². The summed E-state index contributed by atoms with van der Waals surface area (Å²) in [6.45, 7) is 3.57. The maximum Gasteiger partial charge on any atom is 0.263 e. The molecule has 0 saturated carbocycles. The Bertz CT molecular complexity index is 1110. The zero-order valence-electron chi connectivity index (χ0n) is 16.1. The Balaban J connectivity index is 1.50. The van der Waals surface area contributed by atoms with E-state index in [4.69, 9.17) is 11.6 Å². The number of hydrogen-bond donors (Lipinski definition) is 1. The molecule has 1 fully saturated rings. The highest BCUT2D eigenvalue weighted by Gasteiger charge is 2.55. The third-order valence-corrected chi connectivity index (χ3v) is 5.27. The van der Waals surface area contributed by atoms with Crippen molar-refractivity contribution in [2.45, 2.75) is 25.9 Å². The van der Waals surface area contributed by atoms with Crippen LogP contribution in [0, 0.1) is 19.7 Å². The lowest BCUT2D eigenvalue weighted by molar-refractivity contribution is -0.123. The van der Waals surface area contributed by atoms with Gasteiger partial charge in [0, 0.05) is 5.69 Å². The molecule has 1 saturated heterocycles. The predicted octanol–water partition coefficient (Wildman–Crippen LogP) is 3.03. The van der Waals surface area contributed by atoms with E-state index in [1.54, 1.807) is 6.07 Å². The van der Waals surface area contributed by atoms with Gasteiger partial charge in [0.15, 0.2) is 12.1 Å². The quantitative estimate of drug-likeness (QED) is 0.756. The molecule has 0 aromatic heterocycles. The number of benzene rings is 2. The second-order valence-corrected chi connectivity index (χ2v) is 7.58. The monoisotopic (exact) mass is 429 g/mol. The number of carbonyl (C=O) groups excluding carboxylic acids is 3. The van der Waals surface area contributed by atoms with Crippen LogP contribution in [0.4, 0.5) is 15.8 Å². The van der Waals surface area contributed by atoms with Gasteiger partial charge in [0.1, 0.15) is 12.4 Å². The molecule has 2 aliphatic rings. The predicted molar refractivity (Wildman–Crippen MR) is 108 cm³/mol. The fourth-order valence-electron chi connectivity index (χ4n) is 3.52. The first-order valence-corrected chi connectivity index (χ1v) is 9.51. The molecule has 3 amide bonds. The normalized spacial score (nSPS) is 20.1. The summed E-state index contributed by atoms with van der Waals surface area (Å²) < 4.78 is 13.4. The zero-order chi connectivity index (χ0) is 21.6. The van der Waals surface area contributed by atoms with Crippen molar-refractivity contribution in [3.05, 3.63) is 58.4 Å². The van der Waals surface area contributed by atoms with Crippen LogP contribution in [0.15, 0.2) is 46.7 Å². The van der Waals surface area contributed by atoms with Crippen LogP contribution in [0.5, 0.6) is 0 Å². The fraction of sp³-hybridized carbons (Fsp3) is 0.250. The summed E-state index contributed by atoms with van der Waals surface area (Å²) in [5.41, 5.74) is 2.75. The molecule has 30 heavy (non-hydrogen) atoms. The minimum absolute atomic E-state index is 0.140. The van der Waals surface area contributed by atoms with E-state index in [1.807, 2.05) is 26.0 Å². The van der Waals surface area contributed by atoms with Crippen LogP contribution in [-0.2, 0) is 14.4 Å². The van der Waals surface area contributed by atoms with Crippen LogP contribution >= 0.6 is 11.6 Å². The van der Waals surface area contributed by atoms with Gasteiger partial charge >= 0.3 is 0 Å². The van der Waals surface area contributed by atoms with Crippen LogP contribution < -0.4 is 10.2 Å². The lowest BCUT2D eigenvalue weighted by Crippen LogP contribution is -2.43. The summed E-state index contributed by atoms with van der Waals surface area (Å²) in [5.74, 6) is -2.26. The van der Waals surface area contributed by atoms with E-state index in [0.717, 1.165) is 22.1 Å². The zero-order valence-corrected chi connectivity index (χ0v) is 16.9. The number of fused-ring (bicyclic) bond motifs is 1. The topological polar surface area (TPSA) is 94.4 Å². The standard InChI is InChI=1S/C20H17ClFN5O3/c1-10-3-6-15(11(2)7-10)23-16(28)9-26-18-17(24-25-26)19(29)27(20(18)30)12-4-5-14(22)13(21)8-12/h3-8,17-18H,9H2,1-2H3,(H,23,28)/t17-,18+/m1/s1. The van der Waals surface area contributed by atoms with Crippen molar-refractivity contribution in [3.63, 3.8) is 0 Å². The summed E-state index contributed by atoms with van der Waals surface area (Å²) >= 11 is 5.78. The van der Waals surface area contributed by atoms with E-state index in [1.165, 1.54) is 17.1 Å². The van der Waals surface area contributed by atoms with Gasteiger partial charge in [-0.3, -0.25) is 19.4 Å². The summed E-state index contributed by atoms with van der Waals surface area (Å²) in [7, 11) is 0. The smallest absolute Gasteiger partial charge is 0.263 e. The largest absolute Gasteiger partial charge is 0.324 e. The van der Waals surface area contributed by atoms with Crippen molar-refractivity contribution in [1.29, 1.82) is 0 Å². The van der Waals surface area contributed by atoms with Crippen molar-refractivity contribution in [3.8, 4) is 0 Å². The van der Waals surface area contributed by atoms with Gasteiger partial charge in [0.05, 0.1) is 10.7 Å². The van der Waals surface area contributed by atoms with Gasteiger partial charge in [-0.2, -0.15) is 5.11 Å². The molecular weight excluding hydrogens is 413 g/mol. The van der Waals surface area contributed by atoms with Gasteiger partial charge in [-0.25, -0.2) is 9.29 Å². The highest BCUT2D eigenvalue weighted by atomic mass is 35.5. The number of imide groups is 1. The SMILES string of the molecule is Cc1ccc(NC(=O)CN2N=N[C@H]3C(=O)N(c4ccc(F)c(Cl)c4)C(=O)[C@H]32)c(C)c1. The molecule has 0 bridgehead atoms. The number of amides is 3. The number of hydrogen-bond acceptors (Lipinski definition) is 6. The Hall–Kier alpha value is -3.33. The van der Waals surface area contributed by atoms with E-state index in [2.05, 4.69) is 15.7 Å². The number of rotatable bonds is 4. The summed E-state index contributed by atoms with van der Waals surface area (Å²) in [6, 6.07) is 7.06. The van der Waals surface area contributed by atoms with E-state index in [0.29, 0.717) is 5.69 Å². The minimum atomic E-state index is -1.06. The highest BCUT2D eigenvalue weighted by molar-refractivity contribution is 6.32. The molecule has 10 heteroatoms. The molecule has 4 rings (SSSR count). The fourth-order valence-corrected chi connectivity index (χ4v) is 3.70. The van der Waals surface area contributed by atoms with Crippen molar-refractivity contribution < 1.29 is 18.8 Å². The minimum Gasteiger partial charge on any atom is -0.324 e. The van der Waals surface area contributed by atoms with Gasteiger partial charge in [0.25, 0.3) is 11.8 Å². The molecule has 0 unspecified atom stereocenters. The van der Waals surface area contributed by atoms with Crippen LogP contribution in [0.1, 0.15) is 11.1 Å². The van der Waals surface area contributed by atoms with E-state index < -0.39 is 35.6 Å². The van der Waals surface area contributed by atoms with Crippen molar-refractivity contribution in [2.24, 2.45) is 10.3 Å². The first-order valence-electron chi connectivity index (χ1n) is 9.13. The Labute approximate surface area is 176 Å². The van der Waals surface area contributed by atoms with Crippen LogP contribution in [0.2, 0.25) is 5.02 Å². The highest BCUT2D eigenvalue weighted by Crippen LogP contribution is 2.33. The molecule has 0 aliphatic carbocycles. The molecular formula is C20H17ClFN5O3. The molecule has 2 aromatic rings. The molecule has 2 atom stereocenters. The van der Waals surface area contributed by atoms with Crippen LogP contribution in [-0.4, -0.2) is 41.4 Å². The number of aryl methyl sites for hydroxylation is 2. The average molecular weight is 430 g/mol. The van der Waals surface area contributed by atoms with Crippen molar-refractivity contribution >= 4 is 40.7 Å². The second-order valence-electron chi connectivity index (χ2n) is 7.17. The molecule has 8 nitrogen and oxygen atoms in total. The molecule has 2 aliphatic heterocycles. The summed E-state index contributed by atoms with van der Waals surface area (Å²) in [4.78, 5) is 39.0. The van der Waals surface area contributed by atoms with Gasteiger partial charge in [-0.1, -0.05) is 34.5 Å². The lowest BCUT2D eigenvalue weighted by Gasteiger charge is -2.20. The average Bonchev–Trinajstić information content (AvgIpc) is 3.20. The number of carbonyl (C=O) groups is 3. The molecule has 0 spiro atoms. The maximum absolute atomic E-state index is 13.4. The molecule has 0 radical (unpaired) electrons. The molecule has 2 heterocycles. The third kappa shape index (κ3) is 3.41.